The lowest BCUT2D eigenvalue weighted by atomic mass is 10.0. The minimum absolute atomic E-state index is 0.0952. The summed E-state index contributed by atoms with van der Waals surface area (Å²) in [5.41, 5.74) is 0.732. The van der Waals surface area contributed by atoms with Crippen LogP contribution in [-0.2, 0) is 9.53 Å². The molecule has 0 bridgehead atoms. The maximum Gasteiger partial charge on any atom is 0.338 e. The normalized spacial score (nSPS) is 14.8. The molecule has 0 N–H and O–H groups in total. The minimum atomic E-state index is -1.05. The fraction of sp³-hybridized carbons (Fsp3) is 0.129. The van der Waals surface area contributed by atoms with Gasteiger partial charge in [-0.3, -0.25) is 19.5 Å². The fourth-order valence-corrected chi connectivity index (χ4v) is 6.65. The maximum absolute atomic E-state index is 13.9. The zero-order valence-electron chi connectivity index (χ0n) is 23.4. The number of allylic oxidation sites excluding steroid dienone is 1. The summed E-state index contributed by atoms with van der Waals surface area (Å²) in [7, 11) is 0. The molecule has 10 nitrogen and oxygen atoms in total. The van der Waals surface area contributed by atoms with Crippen molar-refractivity contribution in [3.05, 3.63) is 128 Å². The molecule has 0 saturated heterocycles. The van der Waals surface area contributed by atoms with E-state index in [1.807, 2.05) is 0 Å². The van der Waals surface area contributed by atoms with Crippen LogP contribution in [0, 0.1) is 10.1 Å². The van der Waals surface area contributed by atoms with Crippen molar-refractivity contribution < 1.29 is 23.3 Å². The molecule has 0 aliphatic carbocycles. The predicted molar refractivity (Wildman–Crippen MR) is 170 cm³/mol. The second-order valence-corrected chi connectivity index (χ2v) is 12.0. The maximum atomic E-state index is 13.9. The summed E-state index contributed by atoms with van der Waals surface area (Å²) in [6, 6.07) is 14.5. The number of halogens is 3. The zero-order valence-corrected chi connectivity index (χ0v) is 26.5. The Balaban J connectivity index is 1.47. The number of ether oxygens (including phenoxy) is 1. The van der Waals surface area contributed by atoms with Crippen LogP contribution in [0.1, 0.15) is 31.4 Å². The standard InChI is InChI=1S/C31H20Cl3N3O7S/c1-3-42-30(39)27-15(2)35-31-36(28(27)25-11-10-24(44-25)20-13-17(37(40)41)5-8-21(20)33)29(38)26(45-31)14-18-6-9-23(43-18)19-7-4-16(32)12-22(19)34/h4-14,28H,3H2,1-2H3/b26-14-/t28-/m0/s1. The Bertz CT molecular complexity index is 2230. The Morgan fingerprint density at radius 1 is 1.04 bits per heavy atom. The van der Waals surface area contributed by atoms with Crippen LogP contribution in [0.5, 0.6) is 0 Å². The summed E-state index contributed by atoms with van der Waals surface area (Å²) >= 11 is 19.8. The van der Waals surface area contributed by atoms with Gasteiger partial charge >= 0.3 is 5.97 Å². The lowest BCUT2D eigenvalue weighted by molar-refractivity contribution is -0.384. The van der Waals surface area contributed by atoms with Gasteiger partial charge in [0, 0.05) is 34.4 Å². The average Bonchev–Trinajstić information content (AvgIpc) is 3.73. The number of thiazole rings is 1. The zero-order chi connectivity index (χ0) is 32.0. The molecule has 228 valence electrons. The van der Waals surface area contributed by atoms with E-state index in [0.717, 1.165) is 11.3 Å². The van der Waals surface area contributed by atoms with Crippen LogP contribution in [-0.4, -0.2) is 22.1 Å². The third-order valence-corrected chi connectivity index (χ3v) is 8.80. The SMILES string of the molecule is CCOC(=O)C1=C(C)N=c2s/c(=C\c3ccc(-c4ccc(Cl)cc4Cl)o3)c(=O)n2[C@H]1c1ccc(-c2cc([N+](=O)[O-])ccc2Cl)o1. The third-order valence-electron chi connectivity index (χ3n) is 6.94. The van der Waals surface area contributed by atoms with Crippen LogP contribution in [0.15, 0.2) is 90.6 Å². The Morgan fingerprint density at radius 2 is 1.80 bits per heavy atom. The highest BCUT2D eigenvalue weighted by Crippen LogP contribution is 2.37. The van der Waals surface area contributed by atoms with Gasteiger partial charge in [0.2, 0.25) is 0 Å². The van der Waals surface area contributed by atoms with Crippen molar-refractivity contribution in [3.63, 3.8) is 0 Å². The molecule has 0 spiro atoms. The second kappa shape index (κ2) is 12.2. The number of fused-ring (bicyclic) bond motifs is 1. The number of carbonyl (C=O) groups excluding carboxylic acids is 1. The van der Waals surface area contributed by atoms with Crippen LogP contribution < -0.4 is 14.9 Å². The van der Waals surface area contributed by atoms with Crippen LogP contribution in [0.4, 0.5) is 5.69 Å². The van der Waals surface area contributed by atoms with Crippen molar-refractivity contribution in [3.8, 4) is 22.6 Å². The molecule has 4 heterocycles. The number of benzene rings is 2. The number of aromatic nitrogens is 1. The first-order valence-electron chi connectivity index (χ1n) is 13.3. The molecule has 0 unspecified atom stereocenters. The number of nitro benzene ring substituents is 1. The summed E-state index contributed by atoms with van der Waals surface area (Å²) in [6.45, 7) is 3.41. The number of rotatable bonds is 7. The Labute approximate surface area is 273 Å². The number of nitrogens with zero attached hydrogens (tertiary/aromatic N) is 3. The molecule has 1 aliphatic rings. The van der Waals surface area contributed by atoms with Crippen LogP contribution in [0.25, 0.3) is 28.7 Å². The van der Waals surface area contributed by atoms with E-state index in [4.69, 9.17) is 48.4 Å². The van der Waals surface area contributed by atoms with Crippen LogP contribution in [0.2, 0.25) is 15.1 Å². The highest BCUT2D eigenvalue weighted by Gasteiger charge is 2.35. The molecule has 6 rings (SSSR count). The monoisotopic (exact) mass is 683 g/mol. The Morgan fingerprint density at radius 3 is 2.53 bits per heavy atom. The van der Waals surface area contributed by atoms with Gasteiger partial charge in [-0.05, 0) is 62.4 Å². The number of non-ortho nitro benzene ring substituents is 1. The first-order valence-corrected chi connectivity index (χ1v) is 15.3. The van der Waals surface area contributed by atoms with Crippen LogP contribution >= 0.6 is 46.1 Å². The molecule has 1 atom stereocenters. The molecule has 45 heavy (non-hydrogen) atoms. The molecule has 2 aromatic carbocycles. The molecule has 1 aliphatic heterocycles. The number of carbonyl (C=O) groups is 1. The van der Waals surface area contributed by atoms with Gasteiger partial charge in [-0.1, -0.05) is 46.1 Å². The van der Waals surface area contributed by atoms with Crippen molar-refractivity contribution in [1.82, 2.24) is 4.57 Å². The van der Waals surface area contributed by atoms with E-state index in [1.165, 1.54) is 22.8 Å². The van der Waals surface area contributed by atoms with Gasteiger partial charge in [0.25, 0.3) is 11.2 Å². The van der Waals surface area contributed by atoms with E-state index >= 15 is 0 Å². The lowest BCUT2D eigenvalue weighted by Crippen LogP contribution is -2.39. The van der Waals surface area contributed by atoms with Crippen molar-refractivity contribution >= 4 is 63.9 Å². The Hall–Kier alpha value is -4.42. The third kappa shape index (κ3) is 5.75. The molecule has 0 saturated carbocycles. The number of nitro groups is 1. The van der Waals surface area contributed by atoms with E-state index in [-0.39, 0.29) is 44.5 Å². The van der Waals surface area contributed by atoms with Crippen molar-refractivity contribution in [1.29, 1.82) is 0 Å². The van der Waals surface area contributed by atoms with Gasteiger partial charge in [-0.2, -0.15) is 0 Å². The molecule has 0 amide bonds. The van der Waals surface area contributed by atoms with E-state index in [1.54, 1.807) is 62.4 Å². The highest BCUT2D eigenvalue weighted by molar-refractivity contribution is 7.07. The molecule has 3 aromatic heterocycles. The van der Waals surface area contributed by atoms with E-state index in [9.17, 15) is 19.7 Å². The van der Waals surface area contributed by atoms with Gasteiger partial charge < -0.3 is 13.6 Å². The van der Waals surface area contributed by atoms with Crippen LogP contribution in [0.3, 0.4) is 0 Å². The molecule has 5 aromatic rings. The molecule has 0 fully saturated rings. The molecular weight excluding hydrogens is 665 g/mol. The molecular formula is C31H20Cl3N3O7S. The summed E-state index contributed by atoms with van der Waals surface area (Å²) in [5.74, 6) is 0.620. The summed E-state index contributed by atoms with van der Waals surface area (Å²) in [6.07, 6.45) is 1.58. The van der Waals surface area contributed by atoms with Gasteiger partial charge in [0.05, 0.1) is 37.4 Å². The lowest BCUT2D eigenvalue weighted by Gasteiger charge is -2.22. The number of hydrogen-bond acceptors (Lipinski definition) is 9. The summed E-state index contributed by atoms with van der Waals surface area (Å²) in [4.78, 5) is 42.9. The number of hydrogen-bond donors (Lipinski definition) is 0. The largest absolute Gasteiger partial charge is 0.463 e. The quantitative estimate of drug-likeness (QED) is 0.101. The first-order chi connectivity index (χ1) is 21.5. The van der Waals surface area contributed by atoms with Crippen molar-refractivity contribution in [2.45, 2.75) is 19.9 Å². The second-order valence-electron chi connectivity index (χ2n) is 9.75. The van der Waals surface area contributed by atoms with E-state index in [0.29, 0.717) is 37.6 Å². The number of esters is 1. The van der Waals surface area contributed by atoms with Gasteiger partial charge in [-0.15, -0.1) is 0 Å². The van der Waals surface area contributed by atoms with Gasteiger partial charge in [-0.25, -0.2) is 9.79 Å². The highest BCUT2D eigenvalue weighted by atomic mass is 35.5. The number of furan rings is 2. The van der Waals surface area contributed by atoms with Crippen molar-refractivity contribution in [2.75, 3.05) is 6.61 Å². The smallest absolute Gasteiger partial charge is 0.338 e. The Kier molecular flexibility index (Phi) is 8.27. The fourth-order valence-electron chi connectivity index (χ4n) is 4.91. The minimum Gasteiger partial charge on any atom is -0.463 e. The van der Waals surface area contributed by atoms with Crippen molar-refractivity contribution in [2.24, 2.45) is 4.99 Å². The first kappa shape index (κ1) is 30.6. The summed E-state index contributed by atoms with van der Waals surface area (Å²) < 4.78 is 19.1. The van der Waals surface area contributed by atoms with E-state index in [2.05, 4.69) is 4.99 Å². The predicted octanol–water partition coefficient (Wildman–Crippen LogP) is 7.19. The summed E-state index contributed by atoms with van der Waals surface area (Å²) in [5, 5.41) is 12.5. The topological polar surface area (TPSA) is 130 Å². The van der Waals surface area contributed by atoms with Gasteiger partial charge in [0.15, 0.2) is 4.80 Å². The van der Waals surface area contributed by atoms with E-state index < -0.39 is 22.5 Å². The molecule has 0 radical (unpaired) electrons. The van der Waals surface area contributed by atoms with Gasteiger partial charge in [0.1, 0.15) is 29.1 Å². The average molecular weight is 685 g/mol. The molecule has 14 heteroatoms.